The van der Waals surface area contributed by atoms with E-state index in [9.17, 15) is 13.2 Å². The molecule has 1 unspecified atom stereocenters. The van der Waals surface area contributed by atoms with Gasteiger partial charge in [-0.15, -0.1) is 0 Å². The molecule has 1 saturated heterocycles. The number of aromatic nitrogens is 1. The Morgan fingerprint density at radius 2 is 2.16 bits per heavy atom. The maximum atomic E-state index is 12.4. The van der Waals surface area contributed by atoms with E-state index in [1.165, 1.54) is 21.1 Å². The molecular weight excluding hydrogens is 268 g/mol. The van der Waals surface area contributed by atoms with Gasteiger partial charge in [0.1, 0.15) is 10.6 Å². The van der Waals surface area contributed by atoms with Crippen LogP contribution < -0.4 is 11.5 Å². The average Bonchev–Trinajstić information content (AvgIpc) is 2.72. The van der Waals surface area contributed by atoms with E-state index in [-0.39, 0.29) is 16.6 Å². The van der Waals surface area contributed by atoms with Gasteiger partial charge in [0.15, 0.2) is 0 Å². The number of nitrogens with two attached hydrogens (primary N) is 2. The molecule has 2 heterocycles. The Morgan fingerprint density at radius 3 is 2.68 bits per heavy atom. The van der Waals surface area contributed by atoms with Crippen molar-refractivity contribution < 1.29 is 13.2 Å². The van der Waals surface area contributed by atoms with E-state index in [4.69, 9.17) is 11.5 Å². The first-order valence-corrected chi connectivity index (χ1v) is 7.48. The van der Waals surface area contributed by atoms with Gasteiger partial charge in [0.25, 0.3) is 5.91 Å². The second kappa shape index (κ2) is 4.95. The highest BCUT2D eigenvalue weighted by Crippen LogP contribution is 2.21. The summed E-state index contributed by atoms with van der Waals surface area (Å²) >= 11 is 0. The predicted octanol–water partition coefficient (Wildman–Crippen LogP) is -0.764. The summed E-state index contributed by atoms with van der Waals surface area (Å²) in [4.78, 5) is 11.2. The number of nitrogens with zero attached hydrogens (tertiary/aromatic N) is 2. The van der Waals surface area contributed by atoms with Crippen LogP contribution in [0.5, 0.6) is 0 Å². The highest BCUT2D eigenvalue weighted by molar-refractivity contribution is 7.89. The van der Waals surface area contributed by atoms with Gasteiger partial charge in [-0.2, -0.15) is 4.31 Å². The summed E-state index contributed by atoms with van der Waals surface area (Å²) in [6, 6.07) is 1.17. The molecule has 1 atom stereocenters. The molecular formula is C11H18N4O3S. The van der Waals surface area contributed by atoms with Crippen LogP contribution in [0.3, 0.4) is 0 Å². The van der Waals surface area contributed by atoms with Gasteiger partial charge in [-0.25, -0.2) is 8.42 Å². The summed E-state index contributed by atoms with van der Waals surface area (Å²) in [7, 11) is -2.02. The fraction of sp³-hybridized carbons (Fsp3) is 0.545. The summed E-state index contributed by atoms with van der Waals surface area (Å²) in [5.41, 5.74) is 11.1. The first-order chi connectivity index (χ1) is 8.82. The minimum absolute atomic E-state index is 0.0814. The molecule has 1 amide bonds. The second-order valence-electron chi connectivity index (χ2n) is 4.80. The van der Waals surface area contributed by atoms with Gasteiger partial charge >= 0.3 is 0 Å². The van der Waals surface area contributed by atoms with E-state index < -0.39 is 15.9 Å². The van der Waals surface area contributed by atoms with Crippen LogP contribution in [0.15, 0.2) is 17.2 Å². The lowest BCUT2D eigenvalue weighted by Crippen LogP contribution is -2.45. The predicted molar refractivity (Wildman–Crippen MR) is 69.9 cm³/mol. The smallest absolute Gasteiger partial charge is 0.265 e. The number of amides is 1. The van der Waals surface area contributed by atoms with Crippen LogP contribution >= 0.6 is 0 Å². The lowest BCUT2D eigenvalue weighted by Gasteiger charge is -2.29. The van der Waals surface area contributed by atoms with Crippen molar-refractivity contribution in [3.8, 4) is 0 Å². The van der Waals surface area contributed by atoms with E-state index in [1.807, 2.05) is 0 Å². The number of hydrogen-bond acceptors (Lipinski definition) is 4. The monoisotopic (exact) mass is 286 g/mol. The van der Waals surface area contributed by atoms with E-state index in [0.29, 0.717) is 13.1 Å². The molecule has 1 aromatic heterocycles. The SMILES string of the molecule is Cn1cc(S(=O)(=O)N2CCCC(N)C2)cc1C(N)=O. The van der Waals surface area contributed by atoms with Crippen molar-refractivity contribution in [1.82, 2.24) is 8.87 Å². The lowest BCUT2D eigenvalue weighted by molar-refractivity contribution is 0.0992. The van der Waals surface area contributed by atoms with Crippen LogP contribution in [0.4, 0.5) is 0 Å². The maximum absolute atomic E-state index is 12.4. The molecule has 7 nitrogen and oxygen atoms in total. The zero-order valence-corrected chi connectivity index (χ0v) is 11.6. The number of aryl methyl sites for hydroxylation is 1. The maximum Gasteiger partial charge on any atom is 0.265 e. The van der Waals surface area contributed by atoms with Crippen LogP contribution in [-0.2, 0) is 17.1 Å². The van der Waals surface area contributed by atoms with E-state index >= 15 is 0 Å². The van der Waals surface area contributed by atoms with Gasteiger partial charge in [-0.05, 0) is 18.9 Å². The fourth-order valence-corrected chi connectivity index (χ4v) is 3.87. The third-order valence-electron chi connectivity index (χ3n) is 3.29. The van der Waals surface area contributed by atoms with Crippen molar-refractivity contribution >= 4 is 15.9 Å². The Balaban J connectivity index is 2.34. The first kappa shape index (κ1) is 14.0. The molecule has 1 aromatic rings. The quantitative estimate of drug-likeness (QED) is 0.760. The Kier molecular flexibility index (Phi) is 3.66. The Labute approximate surface area is 112 Å². The van der Waals surface area contributed by atoms with Crippen molar-refractivity contribution in [2.45, 2.75) is 23.8 Å². The summed E-state index contributed by atoms with van der Waals surface area (Å²) in [5.74, 6) is -0.653. The molecule has 0 saturated carbocycles. The van der Waals surface area contributed by atoms with Crippen LogP contribution in [0.1, 0.15) is 23.3 Å². The van der Waals surface area contributed by atoms with Gasteiger partial charge in [-0.3, -0.25) is 4.79 Å². The fourth-order valence-electron chi connectivity index (χ4n) is 2.26. The zero-order valence-electron chi connectivity index (χ0n) is 10.7. The molecule has 0 radical (unpaired) electrons. The average molecular weight is 286 g/mol. The van der Waals surface area contributed by atoms with Crippen molar-refractivity contribution in [2.24, 2.45) is 18.5 Å². The number of piperidine rings is 1. The van der Waals surface area contributed by atoms with Gasteiger partial charge < -0.3 is 16.0 Å². The number of carbonyl (C=O) groups excluding carboxylic acids is 1. The third-order valence-corrected chi connectivity index (χ3v) is 5.12. The topological polar surface area (TPSA) is 111 Å². The largest absolute Gasteiger partial charge is 0.364 e. The minimum Gasteiger partial charge on any atom is -0.364 e. The Bertz CT molecular complexity index is 593. The van der Waals surface area contributed by atoms with Crippen molar-refractivity contribution in [1.29, 1.82) is 0 Å². The molecule has 0 aromatic carbocycles. The number of carbonyl (C=O) groups is 1. The van der Waals surface area contributed by atoms with Crippen molar-refractivity contribution in [2.75, 3.05) is 13.1 Å². The lowest BCUT2D eigenvalue weighted by atomic mass is 10.1. The molecule has 106 valence electrons. The van der Waals surface area contributed by atoms with Crippen LogP contribution in [0, 0.1) is 0 Å². The second-order valence-corrected chi connectivity index (χ2v) is 6.74. The highest BCUT2D eigenvalue weighted by Gasteiger charge is 2.30. The van der Waals surface area contributed by atoms with Crippen molar-refractivity contribution in [3.63, 3.8) is 0 Å². The van der Waals surface area contributed by atoms with E-state index in [1.54, 1.807) is 7.05 Å². The molecule has 1 aliphatic rings. The van der Waals surface area contributed by atoms with E-state index in [0.717, 1.165) is 12.8 Å². The third kappa shape index (κ3) is 2.65. The van der Waals surface area contributed by atoms with Gasteiger partial charge in [0.05, 0.1) is 0 Å². The number of rotatable bonds is 3. The molecule has 1 fully saturated rings. The standard InChI is InChI=1S/C11H18N4O3S/c1-14-7-9(5-10(14)11(13)16)19(17,18)15-4-2-3-8(12)6-15/h5,7-8H,2-4,6,12H2,1H3,(H2,13,16). The molecule has 1 aliphatic heterocycles. The summed E-state index contributed by atoms with van der Waals surface area (Å²) in [5, 5.41) is 0. The van der Waals surface area contributed by atoms with Crippen LogP contribution in [0.2, 0.25) is 0 Å². The van der Waals surface area contributed by atoms with E-state index in [2.05, 4.69) is 0 Å². The number of primary amides is 1. The van der Waals surface area contributed by atoms with Crippen LogP contribution in [-0.4, -0.2) is 42.3 Å². The molecule has 0 bridgehead atoms. The van der Waals surface area contributed by atoms with Gasteiger partial charge in [0.2, 0.25) is 10.0 Å². The molecule has 0 aliphatic carbocycles. The summed E-state index contributed by atoms with van der Waals surface area (Å²) < 4.78 is 27.6. The highest BCUT2D eigenvalue weighted by atomic mass is 32.2. The molecule has 8 heteroatoms. The first-order valence-electron chi connectivity index (χ1n) is 6.04. The number of hydrogen-bond donors (Lipinski definition) is 2. The molecule has 4 N–H and O–H groups in total. The van der Waals surface area contributed by atoms with Gasteiger partial charge in [0, 0.05) is 32.4 Å². The summed E-state index contributed by atoms with van der Waals surface area (Å²) in [6.07, 6.45) is 2.97. The van der Waals surface area contributed by atoms with Crippen LogP contribution in [0.25, 0.3) is 0 Å². The Hall–Kier alpha value is -1.38. The molecule has 0 spiro atoms. The molecule has 2 rings (SSSR count). The summed E-state index contributed by atoms with van der Waals surface area (Å²) in [6.45, 7) is 0.764. The van der Waals surface area contributed by atoms with Crippen molar-refractivity contribution in [3.05, 3.63) is 18.0 Å². The normalized spacial score (nSPS) is 21.5. The van der Waals surface area contributed by atoms with Gasteiger partial charge in [-0.1, -0.05) is 0 Å². The number of sulfonamides is 1. The molecule has 19 heavy (non-hydrogen) atoms. The minimum atomic E-state index is -3.61. The Morgan fingerprint density at radius 1 is 1.47 bits per heavy atom. The zero-order chi connectivity index (χ0) is 14.2.